The summed E-state index contributed by atoms with van der Waals surface area (Å²) in [6, 6.07) is 7.00. The Labute approximate surface area is 185 Å². The third-order valence-corrected chi connectivity index (χ3v) is 6.52. The molecule has 0 bridgehead atoms. The first-order valence-electron chi connectivity index (χ1n) is 11.3. The van der Waals surface area contributed by atoms with Crippen molar-refractivity contribution in [2.45, 2.75) is 78.5 Å². The van der Waals surface area contributed by atoms with Crippen molar-refractivity contribution in [2.24, 2.45) is 17.8 Å². The van der Waals surface area contributed by atoms with Crippen LogP contribution in [-0.2, 0) is 27.2 Å². The Balaban J connectivity index is 1.85. The highest BCUT2D eigenvalue weighted by atomic mass is 16.6. The second-order valence-corrected chi connectivity index (χ2v) is 10.4. The van der Waals surface area contributed by atoms with Crippen molar-refractivity contribution < 1.29 is 19.1 Å². The van der Waals surface area contributed by atoms with Gasteiger partial charge in [0.05, 0.1) is 6.04 Å². The average molecular weight is 429 g/mol. The predicted molar refractivity (Wildman–Crippen MR) is 120 cm³/mol. The van der Waals surface area contributed by atoms with E-state index >= 15 is 0 Å². The van der Waals surface area contributed by atoms with Gasteiger partial charge in [-0.05, 0) is 75.8 Å². The summed E-state index contributed by atoms with van der Waals surface area (Å²) in [6.45, 7) is 11.7. The van der Waals surface area contributed by atoms with E-state index < -0.39 is 23.8 Å². The topological polar surface area (TPSA) is 75.7 Å². The number of hydrogen-bond acceptors (Lipinski definition) is 4. The number of carbonyl (C=O) groups excluding carboxylic acids is 3. The van der Waals surface area contributed by atoms with Crippen molar-refractivity contribution in [3.8, 4) is 0 Å². The van der Waals surface area contributed by atoms with Crippen LogP contribution in [0.1, 0.15) is 59.1 Å². The highest BCUT2D eigenvalue weighted by Crippen LogP contribution is 2.34. The fourth-order valence-corrected chi connectivity index (χ4v) is 4.80. The lowest BCUT2D eigenvalue weighted by Crippen LogP contribution is -2.55. The summed E-state index contributed by atoms with van der Waals surface area (Å²) in [6.07, 6.45) is 1.52. The Bertz CT molecular complexity index is 817. The minimum atomic E-state index is -0.727. The molecule has 1 aromatic carbocycles. The van der Waals surface area contributed by atoms with Crippen LogP contribution in [0.15, 0.2) is 24.3 Å². The lowest BCUT2D eigenvalue weighted by atomic mass is 9.93. The standard InChI is InChI=1S/C25H36N2O4/c1-15(2)20-13-21(16(3)28)27(14-20)23(29)22(26-24(30)31-25(4,5)6)19-11-17-9-7-8-10-18(17)12-19/h7-10,15,19-22H,11-14H2,1-6H3,(H,26,30)/t20?,21-,22?/m0/s1. The molecule has 1 heterocycles. The first-order valence-corrected chi connectivity index (χ1v) is 11.3. The van der Waals surface area contributed by atoms with Crippen molar-refractivity contribution in [1.82, 2.24) is 10.2 Å². The number of Topliss-reactive ketones (excluding diaryl/α,β-unsaturated/α-hetero) is 1. The fourth-order valence-electron chi connectivity index (χ4n) is 4.80. The molecule has 0 saturated carbocycles. The van der Waals surface area contributed by atoms with E-state index in [0.29, 0.717) is 31.7 Å². The van der Waals surface area contributed by atoms with Crippen LogP contribution >= 0.6 is 0 Å². The molecule has 2 amide bonds. The van der Waals surface area contributed by atoms with Crippen LogP contribution in [0.4, 0.5) is 4.79 Å². The Kier molecular flexibility index (Phi) is 6.77. The van der Waals surface area contributed by atoms with E-state index in [1.54, 1.807) is 32.6 Å². The van der Waals surface area contributed by atoms with Gasteiger partial charge in [-0.25, -0.2) is 4.79 Å². The van der Waals surface area contributed by atoms with Crippen LogP contribution in [0.2, 0.25) is 0 Å². The van der Waals surface area contributed by atoms with E-state index in [1.807, 2.05) is 12.1 Å². The monoisotopic (exact) mass is 428 g/mol. The molecule has 6 heteroatoms. The molecule has 0 aromatic heterocycles. The van der Waals surface area contributed by atoms with E-state index in [-0.39, 0.29) is 23.5 Å². The fraction of sp³-hybridized carbons (Fsp3) is 0.640. The van der Waals surface area contributed by atoms with Crippen molar-refractivity contribution in [3.05, 3.63) is 35.4 Å². The van der Waals surface area contributed by atoms with Crippen molar-refractivity contribution in [2.75, 3.05) is 6.54 Å². The number of rotatable bonds is 5. The molecular formula is C25H36N2O4. The SMILES string of the molecule is CC(=O)[C@@H]1CC(C(C)C)CN1C(=O)C(NC(=O)OC(C)(C)C)C1Cc2ccccc2C1. The quantitative estimate of drug-likeness (QED) is 0.775. The number of carbonyl (C=O) groups is 3. The van der Waals surface area contributed by atoms with E-state index in [4.69, 9.17) is 4.74 Å². The van der Waals surface area contributed by atoms with Gasteiger partial charge in [-0.15, -0.1) is 0 Å². The summed E-state index contributed by atoms with van der Waals surface area (Å²) < 4.78 is 5.46. The molecule has 1 aromatic rings. The summed E-state index contributed by atoms with van der Waals surface area (Å²) in [5, 5.41) is 2.87. The molecule has 1 fully saturated rings. The maximum absolute atomic E-state index is 13.8. The molecule has 2 unspecified atom stereocenters. The minimum Gasteiger partial charge on any atom is -0.444 e. The molecule has 0 spiro atoms. The number of fused-ring (bicyclic) bond motifs is 1. The van der Waals surface area contributed by atoms with Crippen molar-refractivity contribution in [1.29, 1.82) is 0 Å². The molecule has 1 saturated heterocycles. The van der Waals surface area contributed by atoms with Crippen LogP contribution in [-0.4, -0.2) is 46.9 Å². The summed E-state index contributed by atoms with van der Waals surface area (Å²) >= 11 is 0. The summed E-state index contributed by atoms with van der Waals surface area (Å²) in [7, 11) is 0. The second-order valence-electron chi connectivity index (χ2n) is 10.4. The molecule has 1 aliphatic heterocycles. The van der Waals surface area contributed by atoms with Gasteiger partial charge in [-0.1, -0.05) is 38.1 Å². The molecule has 0 radical (unpaired) electrons. The maximum Gasteiger partial charge on any atom is 0.408 e. The molecule has 31 heavy (non-hydrogen) atoms. The lowest BCUT2D eigenvalue weighted by Gasteiger charge is -2.32. The number of benzene rings is 1. The summed E-state index contributed by atoms with van der Waals surface area (Å²) in [5.74, 6) is 0.422. The lowest BCUT2D eigenvalue weighted by molar-refractivity contribution is -0.139. The molecule has 1 aliphatic carbocycles. The van der Waals surface area contributed by atoms with Gasteiger partial charge >= 0.3 is 6.09 Å². The molecule has 170 valence electrons. The third-order valence-electron chi connectivity index (χ3n) is 6.52. The zero-order chi connectivity index (χ0) is 22.9. The Morgan fingerprint density at radius 3 is 2.13 bits per heavy atom. The van der Waals surface area contributed by atoms with Gasteiger partial charge in [0.15, 0.2) is 5.78 Å². The zero-order valence-corrected chi connectivity index (χ0v) is 19.6. The third kappa shape index (κ3) is 5.46. The van der Waals surface area contributed by atoms with Gasteiger partial charge in [0.25, 0.3) is 0 Å². The van der Waals surface area contributed by atoms with Gasteiger partial charge in [0, 0.05) is 6.54 Å². The molecule has 1 N–H and O–H groups in total. The number of hydrogen-bond donors (Lipinski definition) is 1. The molecule has 3 atom stereocenters. The van der Waals surface area contributed by atoms with Crippen LogP contribution in [0.25, 0.3) is 0 Å². The number of alkyl carbamates (subject to hydrolysis) is 1. The van der Waals surface area contributed by atoms with E-state index in [1.165, 1.54) is 11.1 Å². The van der Waals surface area contributed by atoms with E-state index in [9.17, 15) is 14.4 Å². The number of nitrogens with zero attached hydrogens (tertiary/aromatic N) is 1. The van der Waals surface area contributed by atoms with Gasteiger partial charge in [-0.2, -0.15) is 0 Å². The van der Waals surface area contributed by atoms with Crippen LogP contribution < -0.4 is 5.32 Å². The first-order chi connectivity index (χ1) is 14.5. The van der Waals surface area contributed by atoms with Gasteiger partial charge in [0.1, 0.15) is 11.6 Å². The van der Waals surface area contributed by atoms with Gasteiger partial charge < -0.3 is 15.0 Å². The predicted octanol–water partition coefficient (Wildman–Crippen LogP) is 3.76. The normalized spacial score (nSPS) is 22.4. The number of likely N-dealkylation sites (tertiary alicyclic amines) is 1. The zero-order valence-electron chi connectivity index (χ0n) is 19.6. The van der Waals surface area contributed by atoms with Crippen molar-refractivity contribution in [3.63, 3.8) is 0 Å². The molecule has 2 aliphatic rings. The van der Waals surface area contributed by atoms with Gasteiger partial charge in [-0.3, -0.25) is 9.59 Å². The Morgan fingerprint density at radius 1 is 1.06 bits per heavy atom. The summed E-state index contributed by atoms with van der Waals surface area (Å²) in [4.78, 5) is 40.5. The highest BCUT2D eigenvalue weighted by molar-refractivity contribution is 5.92. The molecular weight excluding hydrogens is 392 g/mol. The van der Waals surface area contributed by atoms with Crippen molar-refractivity contribution >= 4 is 17.8 Å². The number of nitrogens with one attached hydrogen (secondary N) is 1. The molecule has 6 nitrogen and oxygen atoms in total. The Hall–Kier alpha value is -2.37. The van der Waals surface area contributed by atoms with E-state index in [2.05, 4.69) is 31.3 Å². The average Bonchev–Trinajstić information content (AvgIpc) is 3.28. The number of amides is 2. The first kappa shape index (κ1) is 23.3. The minimum absolute atomic E-state index is 0.00206. The highest BCUT2D eigenvalue weighted by Gasteiger charge is 2.44. The number of ether oxygens (including phenoxy) is 1. The van der Waals surface area contributed by atoms with E-state index in [0.717, 1.165) is 0 Å². The van der Waals surface area contributed by atoms with Crippen LogP contribution in [0.3, 0.4) is 0 Å². The Morgan fingerprint density at radius 2 is 1.65 bits per heavy atom. The van der Waals surface area contributed by atoms with Gasteiger partial charge in [0.2, 0.25) is 5.91 Å². The maximum atomic E-state index is 13.8. The molecule has 3 rings (SSSR count). The smallest absolute Gasteiger partial charge is 0.408 e. The number of ketones is 1. The summed E-state index contributed by atoms with van der Waals surface area (Å²) in [5.41, 5.74) is 1.76. The van der Waals surface area contributed by atoms with Crippen LogP contribution in [0, 0.1) is 17.8 Å². The largest absolute Gasteiger partial charge is 0.444 e. The van der Waals surface area contributed by atoms with Crippen LogP contribution in [0.5, 0.6) is 0 Å². The second kappa shape index (κ2) is 9.01.